The van der Waals surface area contributed by atoms with Gasteiger partial charge in [0.15, 0.2) is 5.84 Å². The molecular weight excluding hydrogens is 330 g/mol. The Kier molecular flexibility index (Phi) is 6.00. The average molecular weight is 349 g/mol. The van der Waals surface area contributed by atoms with E-state index in [0.29, 0.717) is 24.3 Å². The van der Waals surface area contributed by atoms with E-state index in [2.05, 4.69) is 22.7 Å². The van der Waals surface area contributed by atoms with E-state index in [9.17, 15) is 10.1 Å². The van der Waals surface area contributed by atoms with Crippen LogP contribution >= 0.6 is 11.8 Å². The fourth-order valence-electron chi connectivity index (χ4n) is 2.41. The summed E-state index contributed by atoms with van der Waals surface area (Å²) in [7, 11) is 0. The van der Waals surface area contributed by atoms with E-state index in [1.54, 1.807) is 6.08 Å². The number of carbonyl (C=O) groups is 1. The van der Waals surface area contributed by atoms with Gasteiger partial charge in [-0.1, -0.05) is 19.6 Å². The first-order valence-corrected chi connectivity index (χ1v) is 8.42. The summed E-state index contributed by atoms with van der Waals surface area (Å²) in [6.07, 6.45) is 4.99. The molecule has 0 radical (unpaired) electrons. The lowest BCUT2D eigenvalue weighted by Gasteiger charge is -2.35. The van der Waals surface area contributed by atoms with Gasteiger partial charge in [0.25, 0.3) is 0 Å². The van der Waals surface area contributed by atoms with Crippen molar-refractivity contribution in [2.24, 2.45) is 15.8 Å². The Morgan fingerprint density at radius 3 is 3.25 bits per heavy atom. The topological polar surface area (TPSA) is 113 Å². The molecular formula is C15H19N5O3S. The van der Waals surface area contributed by atoms with Gasteiger partial charge in [-0.15, -0.1) is 0 Å². The molecule has 0 aliphatic carbocycles. The zero-order chi connectivity index (χ0) is 17.6. The second kappa shape index (κ2) is 7.99. The smallest absolute Gasteiger partial charge is 0.367 e. The fourth-order valence-corrected chi connectivity index (χ4v) is 2.79. The molecule has 2 aliphatic rings. The summed E-state index contributed by atoms with van der Waals surface area (Å²) in [4.78, 5) is 15.4. The first-order valence-electron chi connectivity index (χ1n) is 7.44. The van der Waals surface area contributed by atoms with Gasteiger partial charge >= 0.3 is 5.30 Å². The molecule has 2 heterocycles. The predicted molar refractivity (Wildman–Crippen MR) is 92.2 cm³/mol. The van der Waals surface area contributed by atoms with E-state index < -0.39 is 5.72 Å². The summed E-state index contributed by atoms with van der Waals surface area (Å²) in [5, 5.41) is 14.9. The minimum atomic E-state index is -1.32. The number of allylic oxidation sites excluding steroid dienone is 2. The molecule has 0 aromatic rings. The van der Waals surface area contributed by atoms with E-state index >= 15 is 0 Å². The number of hydrogen-bond donors (Lipinski definition) is 1. The molecule has 0 aromatic heterocycles. The SMILES string of the molecule is C=C/C=C1/C(N)=NC=NN1[C@@]1(C#N)CCC(COC(=O)SCC)O1. The molecule has 2 atom stereocenters. The number of aliphatic imine (C=N–C) groups is 1. The third-order valence-electron chi connectivity index (χ3n) is 3.46. The molecule has 0 saturated carbocycles. The van der Waals surface area contributed by atoms with Crippen LogP contribution in [0.15, 0.2) is 34.5 Å². The molecule has 1 unspecified atom stereocenters. The molecule has 24 heavy (non-hydrogen) atoms. The maximum Gasteiger partial charge on any atom is 0.367 e. The maximum absolute atomic E-state index is 11.4. The number of rotatable bonds is 5. The van der Waals surface area contributed by atoms with Crippen LogP contribution in [0.1, 0.15) is 19.8 Å². The third-order valence-corrected chi connectivity index (χ3v) is 4.11. The first-order chi connectivity index (χ1) is 11.6. The van der Waals surface area contributed by atoms with Gasteiger partial charge in [-0.25, -0.2) is 14.8 Å². The fraction of sp³-hybridized carbons (Fsp3) is 0.467. The Morgan fingerprint density at radius 2 is 2.58 bits per heavy atom. The van der Waals surface area contributed by atoms with Gasteiger partial charge in [0.1, 0.15) is 24.7 Å². The lowest BCUT2D eigenvalue weighted by molar-refractivity contribution is -0.101. The van der Waals surface area contributed by atoms with Crippen LogP contribution in [0, 0.1) is 11.3 Å². The molecule has 8 nitrogen and oxygen atoms in total. The highest BCUT2D eigenvalue weighted by molar-refractivity contribution is 8.13. The van der Waals surface area contributed by atoms with Gasteiger partial charge in [-0.05, 0) is 24.3 Å². The Labute approximate surface area is 144 Å². The molecule has 0 aromatic carbocycles. The summed E-state index contributed by atoms with van der Waals surface area (Å²) >= 11 is 1.09. The average Bonchev–Trinajstić information content (AvgIpc) is 3.00. The molecule has 2 rings (SSSR count). The minimum Gasteiger partial charge on any atom is -0.455 e. The number of thioether (sulfide) groups is 1. The summed E-state index contributed by atoms with van der Waals surface area (Å²) in [5.41, 5.74) is 4.99. The zero-order valence-corrected chi connectivity index (χ0v) is 14.2. The van der Waals surface area contributed by atoms with Gasteiger partial charge in [0.2, 0.25) is 5.72 Å². The zero-order valence-electron chi connectivity index (χ0n) is 13.3. The van der Waals surface area contributed by atoms with E-state index in [0.717, 1.165) is 11.8 Å². The van der Waals surface area contributed by atoms with E-state index in [1.807, 2.05) is 6.92 Å². The Morgan fingerprint density at radius 1 is 1.79 bits per heavy atom. The Balaban J connectivity index is 2.11. The molecule has 2 N–H and O–H groups in total. The van der Waals surface area contributed by atoms with Gasteiger partial charge in [-0.3, -0.25) is 0 Å². The van der Waals surface area contributed by atoms with Crippen molar-refractivity contribution < 1.29 is 14.3 Å². The molecule has 0 amide bonds. The molecule has 128 valence electrons. The van der Waals surface area contributed by atoms with Crippen LogP contribution in [0.4, 0.5) is 4.79 Å². The molecule has 0 spiro atoms. The van der Waals surface area contributed by atoms with Crippen LogP contribution in [-0.4, -0.2) is 46.7 Å². The molecule has 1 fully saturated rings. The molecule has 2 aliphatic heterocycles. The van der Waals surface area contributed by atoms with Crippen molar-refractivity contribution >= 4 is 29.2 Å². The van der Waals surface area contributed by atoms with E-state index in [4.69, 9.17) is 15.2 Å². The summed E-state index contributed by atoms with van der Waals surface area (Å²) < 4.78 is 11.0. The maximum atomic E-state index is 11.4. The second-order valence-electron chi connectivity index (χ2n) is 5.01. The molecule has 1 saturated heterocycles. The van der Waals surface area contributed by atoms with Crippen LogP contribution in [-0.2, 0) is 9.47 Å². The number of amidine groups is 1. The summed E-state index contributed by atoms with van der Waals surface area (Å²) in [6, 6.07) is 2.16. The van der Waals surface area contributed by atoms with Gasteiger partial charge in [0, 0.05) is 12.2 Å². The van der Waals surface area contributed by atoms with Crippen LogP contribution in [0.3, 0.4) is 0 Å². The quantitative estimate of drug-likeness (QED) is 0.755. The van der Waals surface area contributed by atoms with Crippen molar-refractivity contribution in [1.29, 1.82) is 5.26 Å². The lowest BCUT2D eigenvalue weighted by atomic mass is 10.1. The van der Waals surface area contributed by atoms with Gasteiger partial charge in [0.05, 0.1) is 6.10 Å². The van der Waals surface area contributed by atoms with E-state index in [-0.39, 0.29) is 23.8 Å². The van der Waals surface area contributed by atoms with Crippen LogP contribution in [0.5, 0.6) is 0 Å². The largest absolute Gasteiger partial charge is 0.455 e. The number of ether oxygens (including phenoxy) is 2. The van der Waals surface area contributed by atoms with Crippen LogP contribution in [0.2, 0.25) is 0 Å². The van der Waals surface area contributed by atoms with Crippen molar-refractivity contribution in [2.45, 2.75) is 31.6 Å². The highest BCUT2D eigenvalue weighted by Gasteiger charge is 2.48. The monoisotopic (exact) mass is 349 g/mol. The summed E-state index contributed by atoms with van der Waals surface area (Å²) in [5.74, 6) is 0.862. The number of hydrazone groups is 1. The van der Waals surface area contributed by atoms with Crippen molar-refractivity contribution in [2.75, 3.05) is 12.4 Å². The standard InChI is InChI=1S/C15H19N5O3S/c1-3-5-12-13(17)18-10-19-20(12)15(9-16)7-6-11(23-15)8-22-14(21)24-4-2/h3,5,10-11H,1,4,6-8H2,2H3,(H2,17,18,19)/b12-5-/t11?,15-/m0/s1. The molecule has 9 heteroatoms. The minimum absolute atomic E-state index is 0.0941. The van der Waals surface area contributed by atoms with E-state index in [1.165, 1.54) is 17.4 Å². The van der Waals surface area contributed by atoms with Crippen LogP contribution in [0.25, 0.3) is 0 Å². The summed E-state index contributed by atoms with van der Waals surface area (Å²) in [6.45, 7) is 5.59. The number of hydrogen-bond acceptors (Lipinski definition) is 9. The second-order valence-corrected chi connectivity index (χ2v) is 6.21. The lowest BCUT2D eigenvalue weighted by Crippen LogP contribution is -2.48. The number of carbonyl (C=O) groups excluding carboxylic acids is 1. The van der Waals surface area contributed by atoms with Gasteiger partial charge in [-0.2, -0.15) is 10.4 Å². The van der Waals surface area contributed by atoms with Crippen molar-refractivity contribution in [3.63, 3.8) is 0 Å². The number of nitriles is 1. The predicted octanol–water partition coefficient (Wildman–Crippen LogP) is 1.96. The van der Waals surface area contributed by atoms with Crippen molar-refractivity contribution in [1.82, 2.24) is 5.01 Å². The first kappa shape index (κ1) is 18.0. The van der Waals surface area contributed by atoms with Crippen LogP contribution < -0.4 is 5.73 Å². The van der Waals surface area contributed by atoms with Crippen molar-refractivity contribution in [3.8, 4) is 6.07 Å². The number of nitrogens with two attached hydrogens (primary N) is 1. The Bertz CT molecular complexity index is 640. The Hall–Kier alpha value is -2.31. The normalized spacial score (nSPS) is 27.7. The molecule has 0 bridgehead atoms. The van der Waals surface area contributed by atoms with Crippen molar-refractivity contribution in [3.05, 3.63) is 24.4 Å². The highest BCUT2D eigenvalue weighted by Crippen LogP contribution is 2.36. The number of nitrogens with zero attached hydrogens (tertiary/aromatic N) is 4. The third kappa shape index (κ3) is 3.77. The van der Waals surface area contributed by atoms with Gasteiger partial charge < -0.3 is 15.2 Å². The highest BCUT2D eigenvalue weighted by atomic mass is 32.2.